The average molecular weight is 429 g/mol. The Morgan fingerprint density at radius 3 is 2.46 bits per heavy atom. The lowest BCUT2D eigenvalue weighted by molar-refractivity contribution is 0.392. The third kappa shape index (κ3) is 4.12. The predicted molar refractivity (Wildman–Crippen MR) is 101 cm³/mol. The number of aliphatic hydroxyl groups is 1. The van der Waals surface area contributed by atoms with Gasteiger partial charge in [0.2, 0.25) is 15.9 Å². The molecule has 0 aromatic heterocycles. The molecule has 0 radical (unpaired) electrons. The summed E-state index contributed by atoms with van der Waals surface area (Å²) in [5.41, 5.74) is 0.447. The summed E-state index contributed by atoms with van der Waals surface area (Å²) in [4.78, 5) is 0. The van der Waals surface area contributed by atoms with Crippen molar-refractivity contribution < 1.29 is 31.4 Å². The maximum atomic E-state index is 14.6. The molecule has 0 unspecified atom stereocenters. The van der Waals surface area contributed by atoms with Gasteiger partial charge in [-0.05, 0) is 35.7 Å². The molecular weight excluding hydrogens is 413 g/mol. The Bertz CT molecular complexity index is 1160. The molecule has 2 aromatic rings. The second kappa shape index (κ2) is 6.87. The van der Waals surface area contributed by atoms with Crippen molar-refractivity contribution in [3.63, 3.8) is 0 Å². The Morgan fingerprint density at radius 2 is 1.89 bits per heavy atom. The summed E-state index contributed by atoms with van der Waals surface area (Å²) < 4.78 is 65.8. The molecule has 0 spiro atoms. The number of hydrogen-bond donors (Lipinski definition) is 4. The van der Waals surface area contributed by atoms with Gasteiger partial charge in [-0.25, -0.2) is 21.8 Å². The van der Waals surface area contributed by atoms with Crippen LogP contribution in [-0.2, 0) is 26.7 Å². The summed E-state index contributed by atoms with van der Waals surface area (Å²) in [6.45, 7) is 0. The molecule has 9 nitrogen and oxygen atoms in total. The molecule has 1 heterocycles. The van der Waals surface area contributed by atoms with Crippen molar-refractivity contribution in [2.45, 2.75) is 6.42 Å². The zero-order valence-electron chi connectivity index (χ0n) is 14.4. The van der Waals surface area contributed by atoms with Crippen LogP contribution in [0.15, 0.2) is 48.5 Å². The normalized spacial score (nSPS) is 15.8. The minimum Gasteiger partial charge on any atom is -0.506 e. The molecule has 0 amide bonds. The highest BCUT2D eigenvalue weighted by molar-refractivity contribution is 7.92. The van der Waals surface area contributed by atoms with Crippen molar-refractivity contribution in [1.82, 2.24) is 4.72 Å². The van der Waals surface area contributed by atoms with Crippen LogP contribution in [0.4, 0.5) is 15.8 Å². The van der Waals surface area contributed by atoms with Gasteiger partial charge in [0, 0.05) is 0 Å². The molecule has 0 fully saturated rings. The monoisotopic (exact) mass is 429 g/mol. The Labute approximate surface area is 161 Å². The standard InChI is InChI=1S/C16H16FN3O6S2/c1-27(23,24)18-13-5-3-2-4-11(13)6-10-7-12(17)16(14(21)8-10)20-9-15(22)19-28(20,25)26/h2-5,7-9,18-19,21-22H,6H2,1H3. The van der Waals surface area contributed by atoms with Gasteiger partial charge in [-0.1, -0.05) is 18.2 Å². The number of anilines is 2. The van der Waals surface area contributed by atoms with Crippen LogP contribution >= 0.6 is 0 Å². The zero-order valence-corrected chi connectivity index (χ0v) is 16.1. The summed E-state index contributed by atoms with van der Waals surface area (Å²) in [6, 6.07) is 8.65. The van der Waals surface area contributed by atoms with Gasteiger partial charge in [-0.15, -0.1) is 0 Å². The quantitative estimate of drug-likeness (QED) is 0.569. The maximum absolute atomic E-state index is 14.6. The molecule has 3 rings (SSSR count). The van der Waals surface area contributed by atoms with E-state index in [0.29, 0.717) is 15.6 Å². The Kier molecular flexibility index (Phi) is 4.85. The number of nitrogens with one attached hydrogen (secondary N) is 2. The van der Waals surface area contributed by atoms with Gasteiger partial charge < -0.3 is 10.2 Å². The number of hydrogen-bond acceptors (Lipinski definition) is 6. The first kappa shape index (κ1) is 19.8. The molecule has 4 N–H and O–H groups in total. The van der Waals surface area contributed by atoms with E-state index < -0.39 is 43.4 Å². The second-order valence-electron chi connectivity index (χ2n) is 6.07. The number of aliphatic hydroxyl groups excluding tert-OH is 1. The largest absolute Gasteiger partial charge is 0.506 e. The molecule has 1 aliphatic heterocycles. The number of phenolic OH excluding ortho intramolecular Hbond substituents is 1. The highest BCUT2D eigenvalue weighted by Gasteiger charge is 2.33. The highest BCUT2D eigenvalue weighted by atomic mass is 32.2. The van der Waals surface area contributed by atoms with E-state index in [1.165, 1.54) is 6.07 Å². The highest BCUT2D eigenvalue weighted by Crippen LogP contribution is 2.36. The molecule has 0 bridgehead atoms. The van der Waals surface area contributed by atoms with E-state index in [1.807, 2.05) is 0 Å². The number of benzene rings is 2. The molecule has 0 atom stereocenters. The van der Waals surface area contributed by atoms with Crippen LogP contribution in [0.25, 0.3) is 0 Å². The van der Waals surface area contributed by atoms with Gasteiger partial charge in [0.25, 0.3) is 0 Å². The molecule has 2 aromatic carbocycles. The van der Waals surface area contributed by atoms with Crippen LogP contribution in [0.1, 0.15) is 11.1 Å². The summed E-state index contributed by atoms with van der Waals surface area (Å²) in [6.07, 6.45) is 1.78. The van der Waals surface area contributed by atoms with Gasteiger partial charge in [-0.3, -0.25) is 4.72 Å². The van der Waals surface area contributed by atoms with Crippen LogP contribution < -0.4 is 13.7 Å². The van der Waals surface area contributed by atoms with E-state index in [2.05, 4.69) is 4.72 Å². The minimum atomic E-state index is -4.27. The number of sulfonamides is 1. The first-order valence-corrected chi connectivity index (χ1v) is 11.1. The zero-order chi connectivity index (χ0) is 20.7. The minimum absolute atomic E-state index is 0.0650. The molecule has 1 aliphatic rings. The van der Waals surface area contributed by atoms with Crippen LogP contribution in [0.2, 0.25) is 0 Å². The Morgan fingerprint density at radius 1 is 1.21 bits per heavy atom. The van der Waals surface area contributed by atoms with Crippen LogP contribution in [0.3, 0.4) is 0 Å². The molecule has 12 heteroatoms. The number of nitrogens with zero attached hydrogens (tertiary/aromatic N) is 1. The lowest BCUT2D eigenvalue weighted by atomic mass is 10.0. The molecule has 0 aliphatic carbocycles. The summed E-state index contributed by atoms with van der Waals surface area (Å²) in [5, 5.41) is 19.5. The molecule has 150 valence electrons. The van der Waals surface area contributed by atoms with Crippen molar-refractivity contribution in [3.05, 3.63) is 65.4 Å². The lowest BCUT2D eigenvalue weighted by Crippen LogP contribution is -2.30. The Balaban J connectivity index is 1.97. The number of rotatable bonds is 5. The summed E-state index contributed by atoms with van der Waals surface area (Å²) in [5.74, 6) is -2.43. The van der Waals surface area contributed by atoms with Crippen LogP contribution in [0, 0.1) is 5.82 Å². The van der Waals surface area contributed by atoms with E-state index in [9.17, 15) is 31.4 Å². The SMILES string of the molecule is CS(=O)(=O)Nc1ccccc1Cc1cc(O)c(N2C=C(O)NS2(=O)=O)c(F)c1. The van der Waals surface area contributed by atoms with Crippen molar-refractivity contribution in [1.29, 1.82) is 0 Å². The smallest absolute Gasteiger partial charge is 0.330 e. The van der Waals surface area contributed by atoms with Gasteiger partial charge in [0.05, 0.1) is 18.1 Å². The van der Waals surface area contributed by atoms with E-state index >= 15 is 0 Å². The number of phenols is 1. The van der Waals surface area contributed by atoms with Crippen LogP contribution in [0.5, 0.6) is 5.75 Å². The average Bonchev–Trinajstić information content (AvgIpc) is 2.80. The van der Waals surface area contributed by atoms with E-state index in [0.717, 1.165) is 24.6 Å². The third-order valence-corrected chi connectivity index (χ3v) is 5.63. The predicted octanol–water partition coefficient (Wildman–Crippen LogP) is 1.50. The van der Waals surface area contributed by atoms with Gasteiger partial charge in [0.15, 0.2) is 5.82 Å². The maximum Gasteiger partial charge on any atom is 0.330 e. The molecular formula is C16H16FN3O6S2. The molecule has 0 saturated heterocycles. The van der Waals surface area contributed by atoms with Gasteiger partial charge in [0.1, 0.15) is 11.4 Å². The number of halogens is 1. The fraction of sp³-hybridized carbons (Fsp3) is 0.125. The van der Waals surface area contributed by atoms with Crippen molar-refractivity contribution in [2.75, 3.05) is 15.3 Å². The van der Waals surface area contributed by atoms with E-state index in [4.69, 9.17) is 0 Å². The van der Waals surface area contributed by atoms with Crippen molar-refractivity contribution >= 4 is 31.6 Å². The first-order valence-electron chi connectivity index (χ1n) is 7.76. The van der Waals surface area contributed by atoms with Crippen LogP contribution in [-0.4, -0.2) is 33.3 Å². The molecule has 0 saturated carbocycles. The number of para-hydroxylation sites is 1. The van der Waals surface area contributed by atoms with Crippen molar-refractivity contribution in [3.8, 4) is 5.75 Å². The lowest BCUT2D eigenvalue weighted by Gasteiger charge is -2.17. The van der Waals surface area contributed by atoms with Crippen molar-refractivity contribution in [2.24, 2.45) is 0 Å². The topological polar surface area (TPSA) is 136 Å². The third-order valence-electron chi connectivity index (χ3n) is 3.76. The Hall–Kier alpha value is -2.99. The van der Waals surface area contributed by atoms with Gasteiger partial charge >= 0.3 is 10.2 Å². The fourth-order valence-corrected chi connectivity index (χ4v) is 4.40. The first-order chi connectivity index (χ1) is 13.0. The summed E-state index contributed by atoms with van der Waals surface area (Å²) >= 11 is 0. The number of aromatic hydroxyl groups is 1. The molecule has 28 heavy (non-hydrogen) atoms. The van der Waals surface area contributed by atoms with E-state index in [1.54, 1.807) is 22.9 Å². The van der Waals surface area contributed by atoms with E-state index in [-0.39, 0.29) is 12.0 Å². The second-order valence-corrected chi connectivity index (χ2v) is 9.37. The van der Waals surface area contributed by atoms with Gasteiger partial charge in [-0.2, -0.15) is 8.42 Å². The summed E-state index contributed by atoms with van der Waals surface area (Å²) in [7, 11) is -7.80. The fourth-order valence-electron chi connectivity index (χ4n) is 2.73.